The van der Waals surface area contributed by atoms with Gasteiger partial charge in [0.1, 0.15) is 6.23 Å². The quantitative estimate of drug-likeness (QED) is 0.123. The molecule has 0 saturated carbocycles. The maximum Gasteiger partial charge on any atom is 0.129 e. The summed E-state index contributed by atoms with van der Waals surface area (Å²) in [5.74, 6) is 0. The van der Waals surface area contributed by atoms with Gasteiger partial charge in [0.2, 0.25) is 0 Å². The molecule has 2 aromatic carbocycles. The van der Waals surface area contributed by atoms with Crippen molar-refractivity contribution in [2.75, 3.05) is 45.4 Å². The summed E-state index contributed by atoms with van der Waals surface area (Å²) < 4.78 is 17.0. The third-order valence-electron chi connectivity index (χ3n) is 6.71. The molecule has 0 aromatic heterocycles. The molecule has 1 atom stereocenters. The van der Waals surface area contributed by atoms with E-state index >= 15 is 0 Å². The molecule has 41 heavy (non-hydrogen) atoms. The number of para-hydroxylation sites is 1. The summed E-state index contributed by atoms with van der Waals surface area (Å²) in [5.41, 5.74) is 5.56. The molecule has 2 aromatic rings. The van der Waals surface area contributed by atoms with Crippen molar-refractivity contribution in [1.29, 1.82) is 0 Å². The number of nitrogens with zero attached hydrogens (tertiary/aromatic N) is 2. The molecule has 1 fully saturated rings. The van der Waals surface area contributed by atoms with Crippen molar-refractivity contribution in [2.45, 2.75) is 85.5 Å². The Labute approximate surface area is 251 Å². The van der Waals surface area contributed by atoms with E-state index in [1.165, 1.54) is 31.2 Å². The fourth-order valence-corrected chi connectivity index (χ4v) is 4.43. The van der Waals surface area contributed by atoms with E-state index in [9.17, 15) is 0 Å². The Morgan fingerprint density at radius 3 is 2.32 bits per heavy atom. The first-order valence-corrected chi connectivity index (χ1v) is 15.5. The van der Waals surface area contributed by atoms with Gasteiger partial charge in [-0.1, -0.05) is 94.8 Å². The summed E-state index contributed by atoms with van der Waals surface area (Å²) >= 11 is 0. The van der Waals surface area contributed by atoms with Crippen molar-refractivity contribution in [2.24, 2.45) is 4.99 Å². The predicted octanol–water partition coefficient (Wildman–Crippen LogP) is 9.14. The molecule has 0 amide bonds. The van der Waals surface area contributed by atoms with E-state index in [4.69, 9.17) is 14.2 Å². The van der Waals surface area contributed by atoms with Gasteiger partial charge < -0.3 is 19.1 Å². The van der Waals surface area contributed by atoms with Crippen LogP contribution in [-0.4, -0.2) is 53.0 Å². The van der Waals surface area contributed by atoms with Crippen molar-refractivity contribution in [1.82, 2.24) is 0 Å². The van der Waals surface area contributed by atoms with Gasteiger partial charge in [-0.15, -0.1) is 0 Å². The Balaban J connectivity index is 0.000000399. The zero-order valence-electron chi connectivity index (χ0n) is 26.7. The number of hydrogen-bond donors (Lipinski definition) is 0. The molecule has 3 rings (SSSR count). The third-order valence-corrected chi connectivity index (χ3v) is 6.71. The SMILES string of the molecule is C=C(/C(C=NC)=C/C)c1ccccc1N(C)C1CCCCO1.CC.CCCCCOCCCOCc1ccccc1. The van der Waals surface area contributed by atoms with Crippen LogP contribution in [0.25, 0.3) is 5.57 Å². The average molecular weight is 565 g/mol. The Hall–Kier alpha value is -2.73. The van der Waals surface area contributed by atoms with E-state index in [2.05, 4.69) is 66.8 Å². The van der Waals surface area contributed by atoms with Gasteiger partial charge in [-0.05, 0) is 61.8 Å². The molecule has 5 heteroatoms. The van der Waals surface area contributed by atoms with Gasteiger partial charge in [0.05, 0.1) is 6.61 Å². The van der Waals surface area contributed by atoms with Crippen LogP contribution in [0.3, 0.4) is 0 Å². The minimum Gasteiger partial charge on any atom is -0.381 e. The Morgan fingerprint density at radius 1 is 0.976 bits per heavy atom. The van der Waals surface area contributed by atoms with Crippen LogP contribution < -0.4 is 4.90 Å². The number of anilines is 1. The number of aliphatic imine (C=N–C) groups is 1. The summed E-state index contributed by atoms with van der Waals surface area (Å²) in [5, 5.41) is 0. The summed E-state index contributed by atoms with van der Waals surface area (Å²) in [6.07, 6.45) is 12.2. The highest BCUT2D eigenvalue weighted by Crippen LogP contribution is 2.32. The van der Waals surface area contributed by atoms with Crippen molar-refractivity contribution >= 4 is 17.5 Å². The van der Waals surface area contributed by atoms with Gasteiger partial charge in [0, 0.05) is 58.0 Å². The summed E-state index contributed by atoms with van der Waals surface area (Å²) in [6.45, 7) is 16.5. The van der Waals surface area contributed by atoms with Gasteiger partial charge in [-0.25, -0.2) is 0 Å². The lowest BCUT2D eigenvalue weighted by Crippen LogP contribution is -2.37. The van der Waals surface area contributed by atoms with Crippen molar-refractivity contribution < 1.29 is 14.2 Å². The maximum absolute atomic E-state index is 5.92. The molecular formula is C36H56N2O3. The molecule has 228 valence electrons. The molecule has 5 nitrogen and oxygen atoms in total. The first-order chi connectivity index (χ1) is 20.1. The van der Waals surface area contributed by atoms with Gasteiger partial charge in [0.15, 0.2) is 0 Å². The molecule has 0 bridgehead atoms. The zero-order chi connectivity index (χ0) is 30.1. The number of benzene rings is 2. The second-order valence-electron chi connectivity index (χ2n) is 9.77. The predicted molar refractivity (Wildman–Crippen MR) is 178 cm³/mol. The fourth-order valence-electron chi connectivity index (χ4n) is 4.43. The fraction of sp³-hybridized carbons (Fsp3) is 0.528. The molecular weight excluding hydrogens is 508 g/mol. The number of allylic oxidation sites excluding steroid dienone is 3. The van der Waals surface area contributed by atoms with Gasteiger partial charge in [-0.2, -0.15) is 0 Å². The van der Waals surface area contributed by atoms with Crippen LogP contribution in [0.1, 0.15) is 83.8 Å². The van der Waals surface area contributed by atoms with Crippen LogP contribution >= 0.6 is 0 Å². The summed E-state index contributed by atoms with van der Waals surface area (Å²) in [4.78, 5) is 6.36. The van der Waals surface area contributed by atoms with E-state index in [1.54, 1.807) is 7.05 Å². The Bertz CT molecular complexity index is 981. The van der Waals surface area contributed by atoms with Crippen LogP contribution in [0.5, 0.6) is 0 Å². The number of hydrogen-bond acceptors (Lipinski definition) is 5. The average Bonchev–Trinajstić information content (AvgIpc) is 3.04. The number of ether oxygens (including phenoxy) is 3. The molecule has 1 saturated heterocycles. The molecule has 1 unspecified atom stereocenters. The van der Waals surface area contributed by atoms with Crippen molar-refractivity contribution in [3.8, 4) is 0 Å². The lowest BCUT2D eigenvalue weighted by molar-refractivity contribution is 0.0174. The van der Waals surface area contributed by atoms with Crippen LogP contribution in [0.2, 0.25) is 0 Å². The number of rotatable bonds is 15. The van der Waals surface area contributed by atoms with E-state index in [1.807, 2.05) is 51.3 Å². The van der Waals surface area contributed by atoms with Crippen LogP contribution in [0.4, 0.5) is 5.69 Å². The second kappa shape index (κ2) is 23.9. The lowest BCUT2D eigenvalue weighted by atomic mass is 9.97. The smallest absolute Gasteiger partial charge is 0.129 e. The first-order valence-electron chi connectivity index (χ1n) is 15.5. The molecule has 0 spiro atoms. The van der Waals surface area contributed by atoms with Crippen molar-refractivity contribution in [3.63, 3.8) is 0 Å². The highest BCUT2D eigenvalue weighted by atomic mass is 16.5. The highest BCUT2D eigenvalue weighted by molar-refractivity contribution is 6.02. The largest absolute Gasteiger partial charge is 0.381 e. The molecule has 1 aliphatic heterocycles. The second-order valence-corrected chi connectivity index (χ2v) is 9.77. The van der Waals surface area contributed by atoms with Gasteiger partial charge in [-0.3, -0.25) is 4.99 Å². The van der Waals surface area contributed by atoms with Crippen molar-refractivity contribution in [3.05, 3.63) is 84.0 Å². The molecule has 0 N–H and O–H groups in total. The minimum absolute atomic E-state index is 0.150. The zero-order valence-corrected chi connectivity index (χ0v) is 26.7. The van der Waals surface area contributed by atoms with E-state index in [-0.39, 0.29) is 6.23 Å². The summed E-state index contributed by atoms with van der Waals surface area (Å²) in [7, 11) is 3.88. The Kier molecular flexibility index (Phi) is 21.2. The van der Waals surface area contributed by atoms with Gasteiger partial charge in [0.25, 0.3) is 0 Å². The molecule has 1 heterocycles. The van der Waals surface area contributed by atoms with Crippen LogP contribution in [0, 0.1) is 0 Å². The summed E-state index contributed by atoms with van der Waals surface area (Å²) in [6, 6.07) is 18.6. The topological polar surface area (TPSA) is 43.3 Å². The molecule has 0 aliphatic carbocycles. The van der Waals surface area contributed by atoms with Crippen LogP contribution in [0.15, 0.2) is 77.8 Å². The lowest BCUT2D eigenvalue weighted by Gasteiger charge is -2.34. The normalized spacial score (nSPS) is 15.0. The highest BCUT2D eigenvalue weighted by Gasteiger charge is 2.21. The first kappa shape index (κ1) is 36.3. The van der Waals surface area contributed by atoms with Gasteiger partial charge >= 0.3 is 0 Å². The van der Waals surface area contributed by atoms with E-state index in [0.717, 1.165) is 68.1 Å². The Morgan fingerprint density at radius 2 is 1.66 bits per heavy atom. The van der Waals surface area contributed by atoms with E-state index in [0.29, 0.717) is 6.61 Å². The maximum atomic E-state index is 5.92. The van der Waals surface area contributed by atoms with Crippen LogP contribution in [-0.2, 0) is 20.8 Å². The standard InChI is InChI=1S/C19H26N2O.C15H24O2.C2H6/c1-5-16(14-20-3)15(2)17-10-6-7-11-18(17)21(4)19-12-8-9-13-22-19;1-2-3-7-11-16-12-8-13-17-14-15-9-5-4-6-10-15;1-2/h5-7,10-11,14,19H,2,8-9,12-13H2,1,3-4H3;4-6,9-10H,2-3,7-8,11-14H2,1H3;1-2H3/b16-5+,20-14?;;. The molecule has 0 radical (unpaired) electrons. The molecule has 1 aliphatic rings. The monoisotopic (exact) mass is 564 g/mol. The minimum atomic E-state index is 0.150. The number of unbranched alkanes of at least 4 members (excludes halogenated alkanes) is 2. The third kappa shape index (κ3) is 14.6. The van der Waals surface area contributed by atoms with E-state index < -0.39 is 0 Å².